The van der Waals surface area contributed by atoms with Crippen LogP contribution in [0, 0.1) is 6.92 Å². The van der Waals surface area contributed by atoms with Crippen LogP contribution in [0.4, 0.5) is 10.5 Å². The number of thiophene rings is 1. The van der Waals surface area contributed by atoms with Crippen molar-refractivity contribution in [1.29, 1.82) is 0 Å². The minimum Gasteiger partial charge on any atom is -0.332 e. The van der Waals surface area contributed by atoms with E-state index in [1.807, 2.05) is 73.3 Å². The lowest BCUT2D eigenvalue weighted by Gasteiger charge is -2.30. The molecule has 0 aliphatic carbocycles. The summed E-state index contributed by atoms with van der Waals surface area (Å²) in [6.07, 6.45) is 0. The molecule has 0 aliphatic heterocycles. The quantitative estimate of drug-likeness (QED) is 0.384. The fraction of sp³-hybridized carbons (Fsp3) is 0.280. The first-order chi connectivity index (χ1) is 15.3. The molecule has 2 aromatic carbocycles. The number of benzene rings is 2. The van der Waals surface area contributed by atoms with E-state index in [2.05, 4.69) is 40.3 Å². The first-order valence-corrected chi connectivity index (χ1v) is 12.1. The Balaban J connectivity index is 1.76. The van der Waals surface area contributed by atoms with Gasteiger partial charge in [0, 0.05) is 26.8 Å². The Labute approximate surface area is 202 Å². The lowest BCUT2D eigenvalue weighted by atomic mass is 10.2. The summed E-state index contributed by atoms with van der Waals surface area (Å²) in [6.45, 7) is 6.90. The Bertz CT molecular complexity index is 1050. The number of para-hydroxylation sites is 1. The van der Waals surface area contributed by atoms with Gasteiger partial charge in [0.1, 0.15) is 6.54 Å². The van der Waals surface area contributed by atoms with E-state index < -0.39 is 0 Å². The molecule has 0 bridgehead atoms. The van der Waals surface area contributed by atoms with Gasteiger partial charge in [-0.1, -0.05) is 42.5 Å². The van der Waals surface area contributed by atoms with Gasteiger partial charge in [0.2, 0.25) is 5.91 Å². The Hall–Kier alpha value is -2.64. The summed E-state index contributed by atoms with van der Waals surface area (Å²) in [6, 6.07) is 21.1. The van der Waals surface area contributed by atoms with Crippen molar-refractivity contribution in [1.82, 2.24) is 9.80 Å². The van der Waals surface area contributed by atoms with Crippen molar-refractivity contribution >= 4 is 44.9 Å². The van der Waals surface area contributed by atoms with Gasteiger partial charge in [0.25, 0.3) is 0 Å². The zero-order valence-electron chi connectivity index (χ0n) is 18.5. The average molecular weight is 514 g/mol. The van der Waals surface area contributed by atoms with E-state index in [9.17, 15) is 9.59 Å². The lowest BCUT2D eigenvalue weighted by Crippen LogP contribution is -2.47. The van der Waals surface area contributed by atoms with Gasteiger partial charge in [-0.15, -0.1) is 11.3 Å². The number of hydrogen-bond donors (Lipinski definition) is 1. The van der Waals surface area contributed by atoms with Crippen molar-refractivity contribution in [3.8, 4) is 0 Å². The summed E-state index contributed by atoms with van der Waals surface area (Å²) < 4.78 is 0.794. The number of hydrogen-bond acceptors (Lipinski definition) is 3. The number of halogens is 1. The van der Waals surface area contributed by atoms with E-state index in [1.165, 1.54) is 4.88 Å². The van der Waals surface area contributed by atoms with Crippen LogP contribution in [0.3, 0.4) is 0 Å². The number of aryl methyl sites for hydroxylation is 1. The van der Waals surface area contributed by atoms with Crippen LogP contribution in [0.15, 0.2) is 71.2 Å². The molecule has 168 valence electrons. The van der Waals surface area contributed by atoms with Crippen molar-refractivity contribution in [2.75, 3.05) is 11.9 Å². The molecule has 7 heteroatoms. The maximum absolute atomic E-state index is 13.4. The van der Waals surface area contributed by atoms with E-state index in [0.717, 1.165) is 14.9 Å². The number of urea groups is 1. The van der Waals surface area contributed by atoms with E-state index in [1.54, 1.807) is 16.2 Å². The van der Waals surface area contributed by atoms with Crippen molar-refractivity contribution < 1.29 is 9.59 Å². The van der Waals surface area contributed by atoms with Crippen LogP contribution in [-0.4, -0.2) is 34.3 Å². The first kappa shape index (κ1) is 24.0. The van der Waals surface area contributed by atoms with Gasteiger partial charge >= 0.3 is 6.03 Å². The Morgan fingerprint density at radius 1 is 0.969 bits per heavy atom. The third-order valence-electron chi connectivity index (χ3n) is 5.02. The molecule has 0 saturated heterocycles. The van der Waals surface area contributed by atoms with Gasteiger partial charge in [-0.25, -0.2) is 4.79 Å². The van der Waals surface area contributed by atoms with Crippen LogP contribution in [0.2, 0.25) is 0 Å². The van der Waals surface area contributed by atoms with Crippen LogP contribution < -0.4 is 5.32 Å². The number of carbonyl (C=O) groups is 2. The number of carbonyl (C=O) groups excluding carboxylic acids is 2. The van der Waals surface area contributed by atoms with Crippen molar-refractivity contribution in [3.63, 3.8) is 0 Å². The van der Waals surface area contributed by atoms with E-state index in [-0.39, 0.29) is 24.5 Å². The summed E-state index contributed by atoms with van der Waals surface area (Å²) in [5.74, 6) is -0.0871. The third kappa shape index (κ3) is 6.68. The van der Waals surface area contributed by atoms with Crippen molar-refractivity contribution in [2.45, 2.75) is 39.9 Å². The molecule has 5 nitrogen and oxygen atoms in total. The van der Waals surface area contributed by atoms with Crippen LogP contribution in [0.5, 0.6) is 0 Å². The smallest absolute Gasteiger partial charge is 0.322 e. The first-order valence-electron chi connectivity index (χ1n) is 10.5. The van der Waals surface area contributed by atoms with Gasteiger partial charge in [0.15, 0.2) is 0 Å². The van der Waals surface area contributed by atoms with Crippen molar-refractivity contribution in [3.05, 3.63) is 86.5 Å². The molecular weight excluding hydrogens is 486 g/mol. The summed E-state index contributed by atoms with van der Waals surface area (Å²) in [7, 11) is 0. The summed E-state index contributed by atoms with van der Waals surface area (Å²) in [4.78, 5) is 32.1. The van der Waals surface area contributed by atoms with Crippen LogP contribution in [-0.2, 0) is 17.9 Å². The third-order valence-corrected chi connectivity index (χ3v) is 6.69. The molecule has 0 fully saturated rings. The fourth-order valence-corrected chi connectivity index (χ4v) is 4.57. The molecule has 0 atom stereocenters. The second kappa shape index (κ2) is 11.3. The second-order valence-electron chi connectivity index (χ2n) is 7.88. The largest absolute Gasteiger partial charge is 0.332 e. The molecule has 0 aliphatic rings. The number of nitrogens with zero attached hydrogens (tertiary/aromatic N) is 2. The maximum atomic E-state index is 13.4. The molecular formula is C25H28BrN3O2S. The Kier molecular flexibility index (Phi) is 8.47. The molecule has 1 heterocycles. The molecule has 3 aromatic rings. The zero-order chi connectivity index (χ0) is 23.1. The standard InChI is InChI=1S/C25H28BrN3O2S/c1-18(2)29(25(31)27-23-12-8-7-11-22(23)26)17-24(30)28(15-20-9-5-4-6-10-20)16-21-14-13-19(3)32-21/h4-14,18H,15-17H2,1-3H3,(H,27,31). The molecule has 0 unspecified atom stereocenters. The molecule has 32 heavy (non-hydrogen) atoms. The highest BCUT2D eigenvalue weighted by Gasteiger charge is 2.24. The van der Waals surface area contributed by atoms with Crippen LogP contribution in [0.1, 0.15) is 29.2 Å². The normalized spacial score (nSPS) is 10.8. The van der Waals surface area contributed by atoms with Crippen molar-refractivity contribution in [2.24, 2.45) is 0 Å². The summed E-state index contributed by atoms with van der Waals surface area (Å²) >= 11 is 5.14. The van der Waals surface area contributed by atoms with Gasteiger partial charge in [0.05, 0.1) is 12.2 Å². The SMILES string of the molecule is Cc1ccc(CN(Cc2ccccc2)C(=O)CN(C(=O)Nc2ccccc2Br)C(C)C)s1. The molecule has 1 N–H and O–H groups in total. The number of rotatable bonds is 8. The van der Waals surface area contributed by atoms with Gasteiger partial charge in [-0.3, -0.25) is 4.79 Å². The zero-order valence-corrected chi connectivity index (χ0v) is 20.9. The van der Waals surface area contributed by atoms with Gasteiger partial charge in [-0.2, -0.15) is 0 Å². The predicted octanol–water partition coefficient (Wildman–Crippen LogP) is 6.29. The number of nitrogens with one attached hydrogen (secondary N) is 1. The lowest BCUT2D eigenvalue weighted by molar-refractivity contribution is -0.133. The topological polar surface area (TPSA) is 52.7 Å². The predicted molar refractivity (Wildman–Crippen MR) is 135 cm³/mol. The van der Waals surface area contributed by atoms with E-state index >= 15 is 0 Å². The number of amides is 3. The fourth-order valence-electron chi connectivity index (χ4n) is 3.28. The minimum atomic E-state index is -0.299. The number of anilines is 1. The molecule has 0 saturated carbocycles. The highest BCUT2D eigenvalue weighted by atomic mass is 79.9. The molecule has 1 aromatic heterocycles. The van der Waals surface area contributed by atoms with Gasteiger partial charge in [-0.05, 0) is 66.5 Å². The highest BCUT2D eigenvalue weighted by molar-refractivity contribution is 9.10. The monoisotopic (exact) mass is 513 g/mol. The van der Waals surface area contributed by atoms with Crippen LogP contribution >= 0.6 is 27.3 Å². The van der Waals surface area contributed by atoms with E-state index in [4.69, 9.17) is 0 Å². The van der Waals surface area contributed by atoms with Gasteiger partial charge < -0.3 is 15.1 Å². The maximum Gasteiger partial charge on any atom is 0.322 e. The second-order valence-corrected chi connectivity index (χ2v) is 10.1. The van der Waals surface area contributed by atoms with E-state index in [0.29, 0.717) is 18.8 Å². The highest BCUT2D eigenvalue weighted by Crippen LogP contribution is 2.22. The molecule has 3 rings (SSSR count). The molecule has 0 radical (unpaired) electrons. The molecule has 0 spiro atoms. The summed E-state index contributed by atoms with van der Waals surface area (Å²) in [5, 5.41) is 2.91. The average Bonchev–Trinajstić information content (AvgIpc) is 3.18. The van der Waals surface area contributed by atoms with Crippen LogP contribution in [0.25, 0.3) is 0 Å². The Morgan fingerprint density at radius 3 is 2.28 bits per heavy atom. The summed E-state index contributed by atoms with van der Waals surface area (Å²) in [5.41, 5.74) is 1.73. The molecule has 3 amide bonds. The minimum absolute atomic E-state index is 0.00510. The Morgan fingerprint density at radius 2 is 1.66 bits per heavy atom.